The number of fused-ring (bicyclic) bond motifs is 1. The molecular weight excluding hydrogens is 386 g/mol. The lowest BCUT2D eigenvalue weighted by Crippen LogP contribution is -2.50. The van der Waals surface area contributed by atoms with Crippen molar-refractivity contribution >= 4 is 28.2 Å². The highest BCUT2D eigenvalue weighted by Crippen LogP contribution is 2.38. The number of rotatable bonds is 8. The predicted molar refractivity (Wildman–Crippen MR) is 115 cm³/mol. The van der Waals surface area contributed by atoms with Crippen LogP contribution >= 0.6 is 11.3 Å². The van der Waals surface area contributed by atoms with Gasteiger partial charge in [-0.25, -0.2) is 0 Å². The number of thiophene rings is 1. The Hall–Kier alpha value is -1.95. The summed E-state index contributed by atoms with van der Waals surface area (Å²) in [5.74, 6) is 0.515. The number of carbonyl (C=O) groups is 2. The first-order chi connectivity index (χ1) is 14.0. The Morgan fingerprint density at radius 1 is 1.14 bits per heavy atom. The minimum absolute atomic E-state index is 0.0306. The highest BCUT2D eigenvalue weighted by Gasteiger charge is 2.24. The molecule has 2 heterocycles. The Morgan fingerprint density at radius 3 is 2.55 bits per heavy atom. The molecule has 0 radical (unpaired) electrons. The van der Waals surface area contributed by atoms with Crippen molar-refractivity contribution in [1.29, 1.82) is 5.26 Å². The van der Waals surface area contributed by atoms with Crippen LogP contribution in [0.2, 0.25) is 0 Å². The minimum atomic E-state index is -0.0306. The van der Waals surface area contributed by atoms with Crippen LogP contribution in [0.15, 0.2) is 0 Å². The molecule has 3 rings (SSSR count). The smallest absolute Gasteiger partial charge is 0.234 e. The molecule has 158 valence electrons. The van der Waals surface area contributed by atoms with Crippen molar-refractivity contribution in [2.24, 2.45) is 5.92 Å². The molecule has 1 aromatic rings. The molecular formula is C21H31N5O2S. The third kappa shape index (κ3) is 6.01. The summed E-state index contributed by atoms with van der Waals surface area (Å²) in [5.41, 5.74) is 1.81. The van der Waals surface area contributed by atoms with E-state index in [0.29, 0.717) is 37.5 Å². The van der Waals surface area contributed by atoms with E-state index in [-0.39, 0.29) is 11.8 Å². The highest BCUT2D eigenvalue weighted by atomic mass is 32.1. The van der Waals surface area contributed by atoms with Crippen molar-refractivity contribution < 1.29 is 9.59 Å². The standard InChI is InChI=1S/C21H31N5O2S/c1-15(2)13-23-20(28)14-26-10-8-25(9-11-26)7-6-19(27)24-21-17(12-22)16-4-3-5-18(16)29-21/h15H,3-11,13-14H2,1-2H3,(H,23,28)(H,24,27). The van der Waals surface area contributed by atoms with E-state index < -0.39 is 0 Å². The summed E-state index contributed by atoms with van der Waals surface area (Å²) in [6.07, 6.45) is 3.49. The second-order valence-electron chi connectivity index (χ2n) is 8.29. The van der Waals surface area contributed by atoms with Gasteiger partial charge >= 0.3 is 0 Å². The summed E-state index contributed by atoms with van der Waals surface area (Å²) < 4.78 is 0. The SMILES string of the molecule is CC(C)CNC(=O)CN1CCN(CCC(=O)Nc2sc3c(c2C#N)CCC3)CC1. The second-order valence-corrected chi connectivity index (χ2v) is 9.39. The van der Waals surface area contributed by atoms with Gasteiger partial charge in [0.15, 0.2) is 0 Å². The van der Waals surface area contributed by atoms with Crippen molar-refractivity contribution in [3.63, 3.8) is 0 Å². The normalized spacial score (nSPS) is 17.2. The molecule has 0 saturated carbocycles. The van der Waals surface area contributed by atoms with Crippen LogP contribution in [0.1, 0.15) is 42.7 Å². The van der Waals surface area contributed by atoms with Gasteiger partial charge in [-0.2, -0.15) is 5.26 Å². The quantitative estimate of drug-likeness (QED) is 0.674. The van der Waals surface area contributed by atoms with E-state index in [2.05, 4.69) is 40.4 Å². The first-order valence-corrected chi connectivity index (χ1v) is 11.3. The highest BCUT2D eigenvalue weighted by molar-refractivity contribution is 7.16. The van der Waals surface area contributed by atoms with Crippen LogP contribution in [-0.2, 0) is 22.4 Å². The third-order valence-electron chi connectivity index (χ3n) is 5.48. The number of aryl methyl sites for hydroxylation is 1. The molecule has 2 aliphatic rings. The van der Waals surface area contributed by atoms with Crippen molar-refractivity contribution in [3.8, 4) is 6.07 Å². The number of piperazine rings is 1. The van der Waals surface area contributed by atoms with Gasteiger partial charge in [0.1, 0.15) is 11.1 Å². The maximum atomic E-state index is 12.4. The molecule has 2 amide bonds. The predicted octanol–water partition coefficient (Wildman–Crippen LogP) is 1.83. The van der Waals surface area contributed by atoms with Gasteiger partial charge in [-0.15, -0.1) is 11.3 Å². The van der Waals surface area contributed by atoms with E-state index in [0.717, 1.165) is 56.0 Å². The van der Waals surface area contributed by atoms with Crippen LogP contribution in [0.25, 0.3) is 0 Å². The van der Waals surface area contributed by atoms with Crippen molar-refractivity contribution in [3.05, 3.63) is 16.0 Å². The van der Waals surface area contributed by atoms with Crippen molar-refractivity contribution in [2.75, 3.05) is 51.1 Å². The minimum Gasteiger partial charge on any atom is -0.355 e. The topological polar surface area (TPSA) is 88.5 Å². The number of amides is 2. The number of hydrogen-bond donors (Lipinski definition) is 2. The number of hydrogen-bond acceptors (Lipinski definition) is 6. The van der Waals surface area contributed by atoms with E-state index in [1.54, 1.807) is 11.3 Å². The van der Waals surface area contributed by atoms with Gasteiger partial charge < -0.3 is 15.5 Å². The van der Waals surface area contributed by atoms with Crippen LogP contribution in [0.4, 0.5) is 5.00 Å². The van der Waals surface area contributed by atoms with Crippen LogP contribution < -0.4 is 10.6 Å². The molecule has 0 aromatic carbocycles. The number of nitriles is 1. The molecule has 1 fully saturated rings. The molecule has 1 aliphatic carbocycles. The summed E-state index contributed by atoms with van der Waals surface area (Å²) in [6.45, 7) is 9.44. The third-order valence-corrected chi connectivity index (χ3v) is 6.69. The average Bonchev–Trinajstić information content (AvgIpc) is 3.26. The van der Waals surface area contributed by atoms with E-state index in [4.69, 9.17) is 0 Å². The number of nitrogens with zero attached hydrogens (tertiary/aromatic N) is 3. The van der Waals surface area contributed by atoms with Crippen LogP contribution in [0.5, 0.6) is 0 Å². The number of carbonyl (C=O) groups excluding carboxylic acids is 2. The number of anilines is 1. The second kappa shape index (κ2) is 10.2. The molecule has 0 spiro atoms. The Labute approximate surface area is 177 Å². The Balaban J connectivity index is 1.37. The largest absolute Gasteiger partial charge is 0.355 e. The maximum absolute atomic E-state index is 12.4. The lowest BCUT2D eigenvalue weighted by Gasteiger charge is -2.34. The zero-order valence-corrected chi connectivity index (χ0v) is 18.2. The van der Waals surface area contributed by atoms with Crippen molar-refractivity contribution in [1.82, 2.24) is 15.1 Å². The molecule has 0 atom stereocenters. The fourth-order valence-corrected chi connectivity index (χ4v) is 5.06. The fourth-order valence-electron chi connectivity index (χ4n) is 3.81. The van der Waals surface area contributed by atoms with Gasteiger partial charge in [0.05, 0.1) is 12.1 Å². The van der Waals surface area contributed by atoms with Crippen LogP contribution in [-0.4, -0.2) is 67.4 Å². The molecule has 0 bridgehead atoms. The molecule has 1 aliphatic heterocycles. The molecule has 7 nitrogen and oxygen atoms in total. The van der Waals surface area contributed by atoms with Crippen molar-refractivity contribution in [2.45, 2.75) is 39.5 Å². The first-order valence-electron chi connectivity index (χ1n) is 10.5. The zero-order chi connectivity index (χ0) is 20.8. The maximum Gasteiger partial charge on any atom is 0.234 e. The molecule has 1 saturated heterocycles. The summed E-state index contributed by atoms with van der Waals surface area (Å²) >= 11 is 1.56. The van der Waals surface area contributed by atoms with Gasteiger partial charge in [-0.3, -0.25) is 14.5 Å². The molecule has 29 heavy (non-hydrogen) atoms. The van der Waals surface area contributed by atoms with Crippen LogP contribution in [0, 0.1) is 17.2 Å². The number of nitrogens with one attached hydrogen (secondary N) is 2. The summed E-state index contributed by atoms with van der Waals surface area (Å²) in [7, 11) is 0. The van der Waals surface area contributed by atoms with Gasteiger partial charge in [0, 0.05) is 50.6 Å². The summed E-state index contributed by atoms with van der Waals surface area (Å²) in [6, 6.07) is 2.27. The molecule has 2 N–H and O–H groups in total. The fraction of sp³-hybridized carbons (Fsp3) is 0.667. The summed E-state index contributed by atoms with van der Waals surface area (Å²) in [4.78, 5) is 30.0. The van der Waals surface area contributed by atoms with Gasteiger partial charge in [-0.05, 0) is 30.7 Å². The lowest BCUT2D eigenvalue weighted by molar-refractivity contribution is -0.122. The molecule has 8 heteroatoms. The Bertz CT molecular complexity index is 775. The molecule has 0 unspecified atom stereocenters. The first kappa shape index (κ1) is 21.8. The van der Waals surface area contributed by atoms with Gasteiger partial charge in [0.25, 0.3) is 0 Å². The van der Waals surface area contributed by atoms with Gasteiger partial charge in [0.2, 0.25) is 11.8 Å². The Morgan fingerprint density at radius 2 is 1.86 bits per heavy atom. The monoisotopic (exact) mass is 417 g/mol. The molecule has 1 aromatic heterocycles. The van der Waals surface area contributed by atoms with Crippen LogP contribution in [0.3, 0.4) is 0 Å². The van der Waals surface area contributed by atoms with E-state index in [1.807, 2.05) is 0 Å². The zero-order valence-electron chi connectivity index (χ0n) is 17.4. The van der Waals surface area contributed by atoms with E-state index in [9.17, 15) is 14.9 Å². The van der Waals surface area contributed by atoms with Gasteiger partial charge in [-0.1, -0.05) is 13.8 Å². The lowest BCUT2D eigenvalue weighted by atomic mass is 10.1. The average molecular weight is 418 g/mol. The van der Waals surface area contributed by atoms with E-state index in [1.165, 1.54) is 4.88 Å². The summed E-state index contributed by atoms with van der Waals surface area (Å²) in [5, 5.41) is 16.1. The Kier molecular flexibility index (Phi) is 7.64. The van der Waals surface area contributed by atoms with E-state index >= 15 is 0 Å².